The van der Waals surface area contributed by atoms with Crippen molar-refractivity contribution in [3.05, 3.63) is 41.8 Å². The van der Waals surface area contributed by atoms with Crippen LogP contribution in [0.3, 0.4) is 0 Å². The Morgan fingerprint density at radius 2 is 1.90 bits per heavy atom. The van der Waals surface area contributed by atoms with Gasteiger partial charge in [0.15, 0.2) is 0 Å². The minimum absolute atomic E-state index is 0.0926. The third-order valence-electron chi connectivity index (χ3n) is 6.67. The molecule has 3 aromatic rings. The number of thiazole rings is 1. The van der Waals surface area contributed by atoms with Crippen LogP contribution in [0.1, 0.15) is 71.2 Å². The van der Waals surface area contributed by atoms with Crippen LogP contribution in [-0.2, 0) is 21.3 Å². The lowest BCUT2D eigenvalue weighted by Crippen LogP contribution is -2.38. The summed E-state index contributed by atoms with van der Waals surface area (Å²) in [5.41, 5.74) is 1.26. The van der Waals surface area contributed by atoms with Gasteiger partial charge in [0.05, 0.1) is 20.9 Å². The summed E-state index contributed by atoms with van der Waals surface area (Å²) in [5, 5.41) is 7.23. The molecule has 4 rings (SSSR count). The zero-order chi connectivity index (χ0) is 28.9. The molecule has 40 heavy (non-hydrogen) atoms. The molecule has 0 atom stereocenters. The van der Waals surface area contributed by atoms with E-state index in [4.69, 9.17) is 9.72 Å². The third kappa shape index (κ3) is 7.61. The minimum atomic E-state index is -3.75. The van der Waals surface area contributed by atoms with Gasteiger partial charge in [-0.2, -0.15) is 0 Å². The van der Waals surface area contributed by atoms with Gasteiger partial charge in [-0.3, -0.25) is 0 Å². The molecule has 1 fully saturated rings. The summed E-state index contributed by atoms with van der Waals surface area (Å²) < 4.78 is 36.4. The van der Waals surface area contributed by atoms with Gasteiger partial charge in [0.25, 0.3) is 0 Å². The highest BCUT2D eigenvalue weighted by atomic mass is 32.2. The monoisotopic (exact) mass is 588 g/mol. The molecule has 1 aromatic carbocycles. The predicted molar refractivity (Wildman–Crippen MR) is 159 cm³/mol. The minimum Gasteiger partial charge on any atom is -0.447 e. The maximum Gasteiger partial charge on any atom is 0.407 e. The lowest BCUT2D eigenvalue weighted by molar-refractivity contribution is 0.109. The number of amides is 1. The van der Waals surface area contributed by atoms with E-state index in [0.29, 0.717) is 23.1 Å². The number of nitrogens with zero attached hydrogens (tertiary/aromatic N) is 3. The summed E-state index contributed by atoms with van der Waals surface area (Å²) in [4.78, 5) is 22.1. The highest BCUT2D eigenvalue weighted by Gasteiger charge is 2.27. The molecular weight excluding hydrogens is 548 g/mol. The number of sulfonamides is 1. The number of alkyl carbamates (subject to hydrolysis) is 1. The van der Waals surface area contributed by atoms with Crippen LogP contribution in [0.4, 0.5) is 16.4 Å². The molecule has 2 heterocycles. The van der Waals surface area contributed by atoms with Crippen molar-refractivity contribution in [1.29, 1.82) is 0 Å². The first-order valence-corrected chi connectivity index (χ1v) is 16.2. The van der Waals surface area contributed by atoms with Gasteiger partial charge in [-0.05, 0) is 57.6 Å². The van der Waals surface area contributed by atoms with E-state index in [1.807, 2.05) is 36.7 Å². The van der Waals surface area contributed by atoms with Gasteiger partial charge in [0, 0.05) is 54.9 Å². The topological polar surface area (TPSA) is 127 Å². The quantitative estimate of drug-likeness (QED) is 0.256. The number of nitrogens with one attached hydrogen (secondary N) is 3. The molecule has 0 saturated heterocycles. The van der Waals surface area contributed by atoms with Gasteiger partial charge in [0.1, 0.15) is 0 Å². The van der Waals surface area contributed by atoms with Gasteiger partial charge in [-0.1, -0.05) is 26.8 Å². The van der Waals surface area contributed by atoms with E-state index < -0.39 is 10.0 Å². The van der Waals surface area contributed by atoms with Crippen molar-refractivity contribution in [1.82, 2.24) is 24.6 Å². The molecule has 2 aromatic heterocycles. The van der Waals surface area contributed by atoms with Crippen molar-refractivity contribution in [3.63, 3.8) is 0 Å². The van der Waals surface area contributed by atoms with Crippen LogP contribution in [0.5, 0.6) is 0 Å². The second-order valence-electron chi connectivity index (χ2n) is 10.8. The number of hydrogen-bond donors (Lipinski definition) is 3. The van der Waals surface area contributed by atoms with Gasteiger partial charge < -0.3 is 19.9 Å². The lowest BCUT2D eigenvalue weighted by Gasteiger charge is -2.28. The highest BCUT2D eigenvalue weighted by molar-refractivity contribution is 7.89. The molecule has 1 amide bonds. The summed E-state index contributed by atoms with van der Waals surface area (Å²) >= 11 is 1.53. The predicted octanol–water partition coefficient (Wildman–Crippen LogP) is 5.87. The first-order chi connectivity index (χ1) is 19.1. The average molecular weight is 589 g/mol. The zero-order valence-electron chi connectivity index (χ0n) is 23.8. The second kappa shape index (κ2) is 13.1. The van der Waals surface area contributed by atoms with Gasteiger partial charge in [-0.25, -0.2) is 27.9 Å². The molecule has 0 spiro atoms. The number of aromatic nitrogens is 3. The van der Waals surface area contributed by atoms with Crippen LogP contribution in [0.15, 0.2) is 41.7 Å². The van der Waals surface area contributed by atoms with Crippen molar-refractivity contribution < 1.29 is 17.9 Å². The van der Waals surface area contributed by atoms with Gasteiger partial charge in [0.2, 0.25) is 16.0 Å². The molecule has 0 unspecified atom stereocenters. The summed E-state index contributed by atoms with van der Waals surface area (Å²) in [6, 6.07) is 5.46. The molecule has 0 aliphatic heterocycles. The first-order valence-electron chi connectivity index (χ1n) is 13.9. The first kappa shape index (κ1) is 30.0. The fraction of sp³-hybridized carbons (Fsp3) is 0.536. The van der Waals surface area contributed by atoms with Crippen LogP contribution in [0, 0.1) is 5.92 Å². The molecular formula is C28H40N6O4S2. The summed E-state index contributed by atoms with van der Waals surface area (Å²) in [7, 11) is -3.75. The summed E-state index contributed by atoms with van der Waals surface area (Å²) in [6.07, 6.45) is 8.38. The van der Waals surface area contributed by atoms with Crippen molar-refractivity contribution in [2.24, 2.45) is 5.92 Å². The molecule has 218 valence electrons. The van der Waals surface area contributed by atoms with Crippen LogP contribution in [0.2, 0.25) is 0 Å². The number of benzene rings is 1. The molecule has 0 bridgehead atoms. The highest BCUT2D eigenvalue weighted by Crippen LogP contribution is 2.40. The van der Waals surface area contributed by atoms with E-state index in [1.54, 1.807) is 25.4 Å². The van der Waals surface area contributed by atoms with Crippen LogP contribution >= 0.6 is 11.3 Å². The summed E-state index contributed by atoms with van der Waals surface area (Å²) in [6.45, 7) is 10.8. The van der Waals surface area contributed by atoms with Gasteiger partial charge in [-0.15, -0.1) is 11.3 Å². The van der Waals surface area contributed by atoms with Crippen molar-refractivity contribution >= 4 is 39.1 Å². The Morgan fingerprint density at radius 1 is 1.15 bits per heavy atom. The zero-order valence-corrected chi connectivity index (χ0v) is 25.4. The van der Waals surface area contributed by atoms with Gasteiger partial charge >= 0.3 is 6.09 Å². The maximum atomic E-state index is 13.3. The molecule has 1 aliphatic carbocycles. The van der Waals surface area contributed by atoms with Crippen LogP contribution in [-0.4, -0.2) is 47.7 Å². The Labute approximate surface area is 241 Å². The van der Waals surface area contributed by atoms with E-state index in [2.05, 4.69) is 34.2 Å². The third-order valence-corrected chi connectivity index (χ3v) is 9.45. The Bertz CT molecular complexity index is 1390. The molecule has 3 N–H and O–H groups in total. The molecule has 12 heteroatoms. The number of carbonyl (C=O) groups is 1. The number of anilines is 2. The fourth-order valence-corrected chi connectivity index (χ4v) is 7.37. The smallest absolute Gasteiger partial charge is 0.407 e. The van der Waals surface area contributed by atoms with E-state index >= 15 is 0 Å². The van der Waals surface area contributed by atoms with Crippen LogP contribution < -0.4 is 15.4 Å². The number of rotatable bonds is 11. The Kier molecular flexibility index (Phi) is 9.85. The SMILES string of the molecule is CCNS(=O)(=O)c1cc(Nc2nccn2CC(C)C)ccc1-c1cnc([C@H]2CC[C@H](NC(=O)OC(C)C)CC2)s1. The Balaban J connectivity index is 1.53. The van der Waals surface area contributed by atoms with E-state index in [-0.39, 0.29) is 35.6 Å². The number of ether oxygens (including phenoxy) is 1. The number of carbonyl (C=O) groups excluding carboxylic acids is 1. The largest absolute Gasteiger partial charge is 0.447 e. The maximum absolute atomic E-state index is 13.3. The molecule has 1 saturated carbocycles. The van der Waals surface area contributed by atoms with Crippen molar-refractivity contribution in [2.45, 2.75) is 89.8 Å². The normalized spacial score (nSPS) is 17.8. The average Bonchev–Trinajstić information content (AvgIpc) is 3.54. The molecule has 1 aliphatic rings. The van der Waals surface area contributed by atoms with Crippen molar-refractivity contribution in [2.75, 3.05) is 11.9 Å². The van der Waals surface area contributed by atoms with Crippen molar-refractivity contribution in [3.8, 4) is 10.4 Å². The number of hydrogen-bond acceptors (Lipinski definition) is 8. The Hall–Kier alpha value is -2.96. The van der Waals surface area contributed by atoms with Crippen LogP contribution in [0.25, 0.3) is 10.4 Å². The standard InChI is InChI=1S/C28H40N6O4S2/c1-6-31-40(36,37)25-15-22(32-27-29-13-14-34(27)17-18(2)3)11-12-23(25)24-16-30-26(39-24)20-7-9-21(10-8-20)33-28(35)38-19(4)5/h11-16,18-21,31H,6-10,17H2,1-5H3,(H,29,32)(H,33,35)/t20-,21-. The van der Waals surface area contributed by atoms with E-state index in [1.165, 1.54) is 11.3 Å². The molecule has 0 radical (unpaired) electrons. The summed E-state index contributed by atoms with van der Waals surface area (Å²) in [5.74, 6) is 1.37. The lowest BCUT2D eigenvalue weighted by atomic mass is 9.86. The second-order valence-corrected chi connectivity index (χ2v) is 13.6. The van der Waals surface area contributed by atoms with E-state index in [9.17, 15) is 13.2 Å². The number of imidazole rings is 1. The fourth-order valence-electron chi connectivity index (χ4n) is 4.90. The van der Waals surface area contributed by atoms with E-state index in [0.717, 1.165) is 42.1 Å². The molecule has 10 nitrogen and oxygen atoms in total. The Morgan fingerprint density at radius 3 is 2.58 bits per heavy atom.